The lowest BCUT2D eigenvalue weighted by Crippen LogP contribution is -2.14. The molecule has 0 aliphatic heterocycles. The molecular formula is C9H7ClN4OS. The van der Waals surface area contributed by atoms with Gasteiger partial charge in [0.15, 0.2) is 0 Å². The summed E-state index contributed by atoms with van der Waals surface area (Å²) in [7, 11) is 0. The molecule has 1 N–H and O–H groups in total. The van der Waals surface area contributed by atoms with Crippen molar-refractivity contribution in [1.29, 1.82) is 0 Å². The smallest absolute Gasteiger partial charge is 0.277 e. The van der Waals surface area contributed by atoms with Crippen molar-refractivity contribution in [1.82, 2.24) is 15.0 Å². The Labute approximate surface area is 101 Å². The quantitative estimate of drug-likeness (QED) is 0.834. The van der Waals surface area contributed by atoms with E-state index in [1.807, 2.05) is 0 Å². The molecule has 0 spiro atoms. The maximum atomic E-state index is 11.6. The first-order valence-electron chi connectivity index (χ1n) is 4.36. The first kappa shape index (κ1) is 11.0. The van der Waals surface area contributed by atoms with Gasteiger partial charge in [-0.05, 0) is 13.0 Å². The Morgan fingerprint density at radius 2 is 2.31 bits per heavy atom. The van der Waals surface area contributed by atoms with Crippen molar-refractivity contribution in [2.24, 2.45) is 0 Å². The zero-order valence-electron chi connectivity index (χ0n) is 8.27. The molecule has 5 nitrogen and oxygen atoms in total. The van der Waals surface area contributed by atoms with Crippen molar-refractivity contribution in [3.8, 4) is 0 Å². The topological polar surface area (TPSA) is 67.8 Å². The minimum Gasteiger partial charge on any atom is -0.289 e. The van der Waals surface area contributed by atoms with Crippen LogP contribution in [0.15, 0.2) is 17.0 Å². The van der Waals surface area contributed by atoms with Crippen LogP contribution in [-0.4, -0.2) is 20.9 Å². The second-order valence-corrected chi connectivity index (χ2v) is 4.09. The number of anilines is 1. The number of hydrogen-bond donors (Lipinski definition) is 1. The lowest BCUT2D eigenvalue weighted by atomic mass is 10.4. The van der Waals surface area contributed by atoms with Crippen LogP contribution in [0.1, 0.15) is 16.2 Å². The summed E-state index contributed by atoms with van der Waals surface area (Å²) in [5.74, 6) is -0.161. The van der Waals surface area contributed by atoms with Crippen molar-refractivity contribution >= 4 is 34.8 Å². The third kappa shape index (κ3) is 2.53. The van der Waals surface area contributed by atoms with Crippen LogP contribution in [0, 0.1) is 6.92 Å². The number of amides is 1. The number of carbonyl (C=O) groups excluding carboxylic acids is 1. The zero-order valence-corrected chi connectivity index (χ0v) is 9.84. The number of rotatable bonds is 2. The predicted octanol–water partition coefficient (Wildman–Crippen LogP) is 2.15. The molecule has 0 atom stereocenters. The van der Waals surface area contributed by atoms with Gasteiger partial charge in [0.2, 0.25) is 5.95 Å². The SMILES string of the molecule is Cc1cc(Cl)nc(NC(=O)c2cscn2)n1. The van der Waals surface area contributed by atoms with Crippen molar-refractivity contribution in [3.63, 3.8) is 0 Å². The molecule has 2 heterocycles. The summed E-state index contributed by atoms with van der Waals surface area (Å²) >= 11 is 7.09. The molecule has 0 aromatic carbocycles. The molecule has 0 fully saturated rings. The fourth-order valence-corrected chi connectivity index (χ4v) is 1.85. The Balaban J connectivity index is 2.18. The zero-order chi connectivity index (χ0) is 11.5. The predicted molar refractivity (Wildman–Crippen MR) is 61.8 cm³/mol. The van der Waals surface area contributed by atoms with Gasteiger partial charge in [-0.1, -0.05) is 11.6 Å². The molecule has 0 aliphatic carbocycles. The second kappa shape index (κ2) is 4.54. The molecule has 0 aliphatic rings. The first-order valence-corrected chi connectivity index (χ1v) is 5.68. The Kier molecular flexibility index (Phi) is 3.12. The number of aryl methyl sites for hydroxylation is 1. The van der Waals surface area contributed by atoms with Gasteiger partial charge in [0.25, 0.3) is 5.91 Å². The Morgan fingerprint density at radius 1 is 1.50 bits per heavy atom. The third-order valence-electron chi connectivity index (χ3n) is 1.71. The van der Waals surface area contributed by atoms with Crippen LogP contribution in [0.3, 0.4) is 0 Å². The lowest BCUT2D eigenvalue weighted by Gasteiger charge is -2.02. The fraction of sp³-hybridized carbons (Fsp3) is 0.111. The minimum atomic E-state index is -0.345. The Bertz CT molecular complexity index is 494. The molecule has 0 unspecified atom stereocenters. The monoisotopic (exact) mass is 254 g/mol. The van der Waals surface area contributed by atoms with Gasteiger partial charge in [-0.3, -0.25) is 10.1 Å². The standard InChI is InChI=1S/C9H7ClN4OS/c1-5-2-7(10)13-9(12-5)14-8(15)6-3-16-4-11-6/h2-4H,1H3,(H,12,13,14,15). The Morgan fingerprint density at radius 3 is 2.94 bits per heavy atom. The van der Waals surface area contributed by atoms with E-state index in [-0.39, 0.29) is 11.9 Å². The van der Waals surface area contributed by atoms with E-state index in [4.69, 9.17) is 11.6 Å². The highest BCUT2D eigenvalue weighted by atomic mass is 35.5. The number of carbonyl (C=O) groups is 1. The second-order valence-electron chi connectivity index (χ2n) is 2.98. The number of aromatic nitrogens is 3. The fourth-order valence-electron chi connectivity index (χ4n) is 1.08. The molecule has 0 radical (unpaired) electrons. The van der Waals surface area contributed by atoms with E-state index < -0.39 is 0 Å². The van der Waals surface area contributed by atoms with E-state index in [1.54, 1.807) is 23.9 Å². The van der Waals surface area contributed by atoms with Crippen LogP contribution >= 0.6 is 22.9 Å². The van der Waals surface area contributed by atoms with E-state index >= 15 is 0 Å². The summed E-state index contributed by atoms with van der Waals surface area (Å²) in [4.78, 5) is 23.4. The maximum Gasteiger partial charge on any atom is 0.277 e. The maximum absolute atomic E-state index is 11.6. The highest BCUT2D eigenvalue weighted by Gasteiger charge is 2.10. The average Bonchev–Trinajstić information content (AvgIpc) is 2.68. The average molecular weight is 255 g/mol. The first-order chi connectivity index (χ1) is 7.65. The normalized spacial score (nSPS) is 10.1. The molecule has 82 valence electrons. The van der Waals surface area contributed by atoms with Crippen LogP contribution in [-0.2, 0) is 0 Å². The number of nitrogens with zero attached hydrogens (tertiary/aromatic N) is 3. The van der Waals surface area contributed by atoms with Crippen molar-refractivity contribution < 1.29 is 4.79 Å². The molecule has 0 bridgehead atoms. The summed E-state index contributed by atoms with van der Waals surface area (Å²) in [6.45, 7) is 1.77. The van der Waals surface area contributed by atoms with E-state index in [0.717, 1.165) is 0 Å². The van der Waals surface area contributed by atoms with E-state index in [0.29, 0.717) is 16.5 Å². The summed E-state index contributed by atoms with van der Waals surface area (Å²) in [6.07, 6.45) is 0. The number of nitrogens with one attached hydrogen (secondary N) is 1. The van der Waals surface area contributed by atoms with Gasteiger partial charge in [0, 0.05) is 11.1 Å². The van der Waals surface area contributed by atoms with Crippen LogP contribution in [0.4, 0.5) is 5.95 Å². The molecule has 2 rings (SSSR count). The van der Waals surface area contributed by atoms with Gasteiger partial charge >= 0.3 is 0 Å². The largest absolute Gasteiger partial charge is 0.289 e. The summed E-state index contributed by atoms with van der Waals surface area (Å²) in [5, 5.41) is 4.46. The number of hydrogen-bond acceptors (Lipinski definition) is 5. The van der Waals surface area contributed by atoms with Crippen LogP contribution in [0.2, 0.25) is 5.15 Å². The van der Waals surface area contributed by atoms with Gasteiger partial charge in [0.05, 0.1) is 5.51 Å². The molecule has 2 aromatic rings. The van der Waals surface area contributed by atoms with Crippen LogP contribution in [0.25, 0.3) is 0 Å². The van der Waals surface area contributed by atoms with Crippen molar-refractivity contribution in [2.45, 2.75) is 6.92 Å². The minimum absolute atomic E-state index is 0.183. The van der Waals surface area contributed by atoms with Crippen molar-refractivity contribution in [3.05, 3.63) is 33.5 Å². The highest BCUT2D eigenvalue weighted by molar-refractivity contribution is 7.07. The van der Waals surface area contributed by atoms with Gasteiger partial charge in [-0.15, -0.1) is 11.3 Å². The molecule has 1 amide bonds. The van der Waals surface area contributed by atoms with Gasteiger partial charge in [-0.25, -0.2) is 15.0 Å². The molecule has 0 saturated heterocycles. The number of thiazole rings is 1. The molecule has 7 heteroatoms. The van der Waals surface area contributed by atoms with Gasteiger partial charge < -0.3 is 0 Å². The van der Waals surface area contributed by atoms with Gasteiger partial charge in [-0.2, -0.15) is 0 Å². The summed E-state index contributed by atoms with van der Waals surface area (Å²) < 4.78 is 0. The Hall–Kier alpha value is -1.53. The van der Waals surface area contributed by atoms with Crippen LogP contribution < -0.4 is 5.32 Å². The lowest BCUT2D eigenvalue weighted by molar-refractivity contribution is 0.102. The molecular weight excluding hydrogens is 248 g/mol. The molecule has 2 aromatic heterocycles. The molecule has 0 saturated carbocycles. The number of halogens is 1. The molecule has 16 heavy (non-hydrogen) atoms. The summed E-state index contributed by atoms with van der Waals surface area (Å²) in [5.41, 5.74) is 2.61. The van der Waals surface area contributed by atoms with E-state index in [2.05, 4.69) is 20.3 Å². The van der Waals surface area contributed by atoms with E-state index in [9.17, 15) is 4.79 Å². The van der Waals surface area contributed by atoms with Crippen molar-refractivity contribution in [2.75, 3.05) is 5.32 Å². The van der Waals surface area contributed by atoms with Gasteiger partial charge in [0.1, 0.15) is 10.8 Å². The highest BCUT2D eigenvalue weighted by Crippen LogP contribution is 2.10. The van der Waals surface area contributed by atoms with Crippen LogP contribution in [0.5, 0.6) is 0 Å². The van der Waals surface area contributed by atoms with E-state index in [1.165, 1.54) is 11.3 Å². The summed E-state index contributed by atoms with van der Waals surface area (Å²) in [6, 6.07) is 1.61. The third-order valence-corrected chi connectivity index (χ3v) is 2.49.